The highest BCUT2D eigenvalue weighted by molar-refractivity contribution is 5.77. The van der Waals surface area contributed by atoms with E-state index in [-0.39, 0.29) is 11.9 Å². The molecule has 2 aromatic heterocycles. The fraction of sp³-hybridized carbons (Fsp3) is 0.412. The predicted molar refractivity (Wildman–Crippen MR) is 97.2 cm³/mol. The minimum absolute atomic E-state index is 0.152. The van der Waals surface area contributed by atoms with Gasteiger partial charge in [-0.2, -0.15) is 41.3 Å². The van der Waals surface area contributed by atoms with Crippen LogP contribution in [0.4, 0.5) is 43.9 Å². The lowest BCUT2D eigenvalue weighted by molar-refractivity contribution is -0.301. The molecule has 0 radical (unpaired) electrons. The average molecular weight is 450 g/mol. The van der Waals surface area contributed by atoms with E-state index in [0.717, 1.165) is 0 Å². The Morgan fingerprint density at radius 3 is 2.32 bits per heavy atom. The number of hydrogen-bond donors (Lipinski definition) is 1. The highest BCUT2D eigenvalue weighted by Crippen LogP contribution is 2.36. The van der Waals surface area contributed by atoms with Gasteiger partial charge in [0.25, 0.3) is 6.10 Å². The largest absolute Gasteiger partial charge is 0.443 e. The Hall–Kier alpha value is -3.32. The molecule has 1 aromatic carbocycles. The van der Waals surface area contributed by atoms with Crippen LogP contribution < -0.4 is 15.0 Å². The van der Waals surface area contributed by atoms with Gasteiger partial charge in [-0.1, -0.05) is 0 Å². The zero-order valence-electron chi connectivity index (χ0n) is 16.1. The quantitative estimate of drug-likeness (QED) is 0.528. The molecule has 0 aliphatic rings. The third-order valence-corrected chi connectivity index (χ3v) is 4.05. The molecule has 0 bridgehead atoms. The number of benzene rings is 1. The SMILES string of the molecule is CCN(CC)c1nc(Nc2ccc3ncoc3c2)nc(OC(C(F)(F)F)C(F)(F)F)n1. The summed E-state index contributed by atoms with van der Waals surface area (Å²) in [5.41, 5.74) is 1.30. The van der Waals surface area contributed by atoms with Gasteiger partial charge in [-0.3, -0.25) is 0 Å². The molecule has 0 amide bonds. The molecule has 0 atom stereocenters. The average Bonchev–Trinajstić information content (AvgIpc) is 3.13. The maximum Gasteiger partial charge on any atom is 0.434 e. The van der Waals surface area contributed by atoms with Crippen LogP contribution in [0.5, 0.6) is 6.01 Å². The fourth-order valence-corrected chi connectivity index (χ4v) is 2.59. The van der Waals surface area contributed by atoms with Crippen LogP contribution in [-0.4, -0.2) is 51.5 Å². The summed E-state index contributed by atoms with van der Waals surface area (Å²) < 4.78 is 86.7. The van der Waals surface area contributed by atoms with Gasteiger partial charge < -0.3 is 19.4 Å². The number of fused-ring (bicyclic) bond motifs is 1. The lowest BCUT2D eigenvalue weighted by atomic mass is 10.3. The van der Waals surface area contributed by atoms with E-state index in [9.17, 15) is 26.3 Å². The third-order valence-electron chi connectivity index (χ3n) is 4.05. The van der Waals surface area contributed by atoms with Crippen LogP contribution in [0.15, 0.2) is 29.0 Å². The second kappa shape index (κ2) is 8.43. The second-order valence-electron chi connectivity index (χ2n) is 6.15. The molecule has 3 rings (SSSR count). The highest BCUT2D eigenvalue weighted by atomic mass is 19.4. The van der Waals surface area contributed by atoms with E-state index < -0.39 is 24.5 Å². The molecule has 0 fully saturated rings. The van der Waals surface area contributed by atoms with Crippen LogP contribution in [0.3, 0.4) is 0 Å². The number of aromatic nitrogens is 4. The number of anilines is 3. The van der Waals surface area contributed by atoms with Crippen molar-refractivity contribution < 1.29 is 35.5 Å². The summed E-state index contributed by atoms with van der Waals surface area (Å²) in [6, 6.07) is 3.53. The zero-order valence-corrected chi connectivity index (χ0v) is 16.1. The monoisotopic (exact) mass is 450 g/mol. The third kappa shape index (κ3) is 5.24. The smallest absolute Gasteiger partial charge is 0.434 e. The van der Waals surface area contributed by atoms with Crippen molar-refractivity contribution in [2.75, 3.05) is 23.3 Å². The number of rotatable bonds is 7. The van der Waals surface area contributed by atoms with Gasteiger partial charge in [0.15, 0.2) is 12.0 Å². The van der Waals surface area contributed by atoms with E-state index in [4.69, 9.17) is 4.42 Å². The molecule has 2 heterocycles. The van der Waals surface area contributed by atoms with Gasteiger partial charge >= 0.3 is 18.4 Å². The van der Waals surface area contributed by atoms with Crippen molar-refractivity contribution in [1.82, 2.24) is 19.9 Å². The number of oxazole rings is 1. The first-order valence-corrected chi connectivity index (χ1v) is 8.92. The van der Waals surface area contributed by atoms with Gasteiger partial charge in [0.2, 0.25) is 11.9 Å². The first-order valence-electron chi connectivity index (χ1n) is 8.92. The predicted octanol–water partition coefficient (Wildman–Crippen LogP) is 4.47. The van der Waals surface area contributed by atoms with Crippen molar-refractivity contribution in [3.63, 3.8) is 0 Å². The standard InChI is InChI=1S/C17H16F6N6O2/c1-3-29(4-2)14-26-13(25-9-5-6-10-11(7-9)30-8-24-10)27-15(28-14)31-12(16(18,19)20)17(21,22)23/h5-8,12H,3-4H2,1-2H3,(H,25,26,27,28). The van der Waals surface area contributed by atoms with Gasteiger partial charge in [-0.05, 0) is 26.0 Å². The molecule has 1 N–H and O–H groups in total. The zero-order chi connectivity index (χ0) is 22.8. The van der Waals surface area contributed by atoms with Crippen LogP contribution in [-0.2, 0) is 0 Å². The maximum atomic E-state index is 12.9. The molecule has 0 spiro atoms. The van der Waals surface area contributed by atoms with E-state index in [1.165, 1.54) is 17.4 Å². The fourth-order valence-electron chi connectivity index (χ4n) is 2.59. The molecular weight excluding hydrogens is 434 g/mol. The number of hydrogen-bond acceptors (Lipinski definition) is 8. The van der Waals surface area contributed by atoms with E-state index in [1.807, 2.05) is 0 Å². The van der Waals surface area contributed by atoms with Gasteiger partial charge in [-0.25, -0.2) is 4.98 Å². The molecule has 168 valence electrons. The van der Waals surface area contributed by atoms with Crippen LogP contribution in [0.1, 0.15) is 13.8 Å². The Kier molecular flexibility index (Phi) is 6.08. The lowest BCUT2D eigenvalue weighted by Crippen LogP contribution is -2.47. The number of halogens is 6. The van der Waals surface area contributed by atoms with Crippen molar-refractivity contribution in [3.8, 4) is 6.01 Å². The van der Waals surface area contributed by atoms with Crippen LogP contribution in [0, 0.1) is 0 Å². The molecule has 0 aliphatic heterocycles. The van der Waals surface area contributed by atoms with E-state index in [2.05, 4.69) is 30.0 Å². The van der Waals surface area contributed by atoms with Crippen molar-refractivity contribution in [2.24, 2.45) is 0 Å². The summed E-state index contributed by atoms with van der Waals surface area (Å²) in [6.07, 6.45) is -14.3. The summed E-state index contributed by atoms with van der Waals surface area (Å²) in [5, 5.41) is 2.70. The normalized spacial score (nSPS) is 12.4. The highest BCUT2D eigenvalue weighted by Gasteiger charge is 2.59. The Morgan fingerprint density at radius 2 is 1.71 bits per heavy atom. The first kappa shape index (κ1) is 22.4. The number of alkyl halides is 6. The number of nitrogens with one attached hydrogen (secondary N) is 1. The van der Waals surface area contributed by atoms with Gasteiger partial charge in [0, 0.05) is 24.8 Å². The van der Waals surface area contributed by atoms with Crippen molar-refractivity contribution in [2.45, 2.75) is 32.3 Å². The first-order chi connectivity index (χ1) is 14.5. The number of nitrogens with zero attached hydrogens (tertiary/aromatic N) is 5. The topological polar surface area (TPSA) is 89.2 Å². The van der Waals surface area contributed by atoms with Gasteiger partial charge in [0.05, 0.1) is 0 Å². The molecular formula is C17H16F6N6O2. The van der Waals surface area contributed by atoms with Crippen LogP contribution in [0.2, 0.25) is 0 Å². The molecule has 0 saturated heterocycles. The molecule has 0 unspecified atom stereocenters. The Labute approximate surface area is 171 Å². The van der Waals surface area contributed by atoms with E-state index in [0.29, 0.717) is 29.9 Å². The number of ether oxygens (including phenoxy) is 1. The van der Waals surface area contributed by atoms with Crippen molar-refractivity contribution in [3.05, 3.63) is 24.6 Å². The van der Waals surface area contributed by atoms with E-state index >= 15 is 0 Å². The molecule has 0 aliphatic carbocycles. The summed E-state index contributed by atoms with van der Waals surface area (Å²) in [5.74, 6) is -0.463. The molecule has 14 heteroatoms. The minimum atomic E-state index is -5.72. The van der Waals surface area contributed by atoms with E-state index in [1.54, 1.807) is 26.0 Å². The molecule has 3 aromatic rings. The van der Waals surface area contributed by atoms with Crippen molar-refractivity contribution in [1.29, 1.82) is 0 Å². The summed E-state index contributed by atoms with van der Waals surface area (Å²) >= 11 is 0. The summed E-state index contributed by atoms with van der Waals surface area (Å²) in [6.45, 7) is 4.11. The molecule has 0 saturated carbocycles. The Morgan fingerprint density at radius 1 is 1.03 bits per heavy atom. The van der Waals surface area contributed by atoms with Crippen LogP contribution >= 0.6 is 0 Å². The van der Waals surface area contributed by atoms with Gasteiger partial charge in [0.1, 0.15) is 5.52 Å². The molecule has 31 heavy (non-hydrogen) atoms. The van der Waals surface area contributed by atoms with Gasteiger partial charge in [-0.15, -0.1) is 0 Å². The molecule has 8 nitrogen and oxygen atoms in total. The van der Waals surface area contributed by atoms with Crippen LogP contribution in [0.25, 0.3) is 11.1 Å². The summed E-state index contributed by atoms with van der Waals surface area (Å²) in [7, 11) is 0. The Balaban J connectivity index is 1.99. The second-order valence-corrected chi connectivity index (χ2v) is 6.15. The minimum Gasteiger partial charge on any atom is -0.443 e. The Bertz CT molecular complexity index is 1020. The maximum absolute atomic E-state index is 12.9. The van der Waals surface area contributed by atoms with Crippen molar-refractivity contribution >= 4 is 28.7 Å². The lowest BCUT2D eigenvalue weighted by Gasteiger charge is -2.24. The summed E-state index contributed by atoms with van der Waals surface area (Å²) in [4.78, 5) is 16.8.